The number of hydrogen-bond donors (Lipinski definition) is 3. The molecular formula is C13H19ClFN3O2. The summed E-state index contributed by atoms with van der Waals surface area (Å²) in [7, 11) is 0. The third kappa shape index (κ3) is 7.06. The number of nitrogens with two attached hydrogens (primary N) is 1. The van der Waals surface area contributed by atoms with E-state index in [9.17, 15) is 14.0 Å². The van der Waals surface area contributed by atoms with Gasteiger partial charge in [-0.2, -0.15) is 0 Å². The Hall–Kier alpha value is -1.66. The molecule has 0 aliphatic carbocycles. The highest BCUT2D eigenvalue weighted by Crippen LogP contribution is 2.02. The van der Waals surface area contributed by atoms with Gasteiger partial charge in [-0.15, -0.1) is 12.4 Å². The molecule has 112 valence electrons. The van der Waals surface area contributed by atoms with Crippen LogP contribution in [0.3, 0.4) is 0 Å². The summed E-state index contributed by atoms with van der Waals surface area (Å²) in [6.07, 6.45) is 0.936. The second-order valence-electron chi connectivity index (χ2n) is 4.00. The van der Waals surface area contributed by atoms with Gasteiger partial charge in [0.2, 0.25) is 5.91 Å². The Balaban J connectivity index is 0.00000361. The van der Waals surface area contributed by atoms with Gasteiger partial charge in [0.05, 0.1) is 0 Å². The fourth-order valence-corrected chi connectivity index (χ4v) is 1.44. The normalized spacial score (nSPS) is 9.50. The number of nitrogens with one attached hydrogen (secondary N) is 2. The summed E-state index contributed by atoms with van der Waals surface area (Å²) in [5.74, 6) is -0.722. The van der Waals surface area contributed by atoms with E-state index < -0.39 is 0 Å². The standard InChI is InChI=1S/C13H18FN3O2.ClH/c14-11-4-2-10(3-5-11)13(19)17-9-1-8-16-12(18)6-7-15;/h2-5H,1,6-9,15H2,(H,16,18)(H,17,19);1H. The van der Waals surface area contributed by atoms with Gasteiger partial charge in [-0.1, -0.05) is 0 Å². The van der Waals surface area contributed by atoms with E-state index in [2.05, 4.69) is 10.6 Å². The molecule has 0 aliphatic heterocycles. The van der Waals surface area contributed by atoms with Gasteiger partial charge in [-0.25, -0.2) is 4.39 Å². The molecule has 1 rings (SSSR count). The predicted molar refractivity (Wildman–Crippen MR) is 77.3 cm³/mol. The first-order valence-corrected chi connectivity index (χ1v) is 6.14. The Labute approximate surface area is 123 Å². The summed E-state index contributed by atoms with van der Waals surface area (Å²) in [4.78, 5) is 22.7. The molecule has 0 unspecified atom stereocenters. The zero-order chi connectivity index (χ0) is 14.1. The van der Waals surface area contributed by atoms with Gasteiger partial charge >= 0.3 is 0 Å². The molecule has 0 saturated heterocycles. The van der Waals surface area contributed by atoms with Crippen molar-refractivity contribution in [3.05, 3.63) is 35.6 Å². The molecule has 0 spiro atoms. The van der Waals surface area contributed by atoms with E-state index in [1.165, 1.54) is 24.3 Å². The van der Waals surface area contributed by atoms with Crippen LogP contribution in [0.25, 0.3) is 0 Å². The third-order valence-corrected chi connectivity index (χ3v) is 2.44. The lowest BCUT2D eigenvalue weighted by Gasteiger charge is -2.06. The molecule has 0 aliphatic rings. The fourth-order valence-electron chi connectivity index (χ4n) is 1.44. The van der Waals surface area contributed by atoms with E-state index in [-0.39, 0.29) is 30.0 Å². The quantitative estimate of drug-likeness (QED) is 0.652. The molecule has 0 atom stereocenters. The zero-order valence-corrected chi connectivity index (χ0v) is 11.8. The van der Waals surface area contributed by atoms with E-state index in [1.807, 2.05) is 0 Å². The molecule has 20 heavy (non-hydrogen) atoms. The molecule has 0 bridgehead atoms. The summed E-state index contributed by atoms with van der Waals surface area (Å²) < 4.78 is 12.7. The van der Waals surface area contributed by atoms with Crippen molar-refractivity contribution < 1.29 is 14.0 Å². The Morgan fingerprint density at radius 3 is 2.30 bits per heavy atom. The summed E-state index contributed by atoms with van der Waals surface area (Å²) in [6.45, 7) is 1.26. The van der Waals surface area contributed by atoms with Crippen LogP contribution < -0.4 is 16.4 Å². The highest BCUT2D eigenvalue weighted by atomic mass is 35.5. The molecular weight excluding hydrogens is 285 g/mol. The largest absolute Gasteiger partial charge is 0.356 e. The minimum Gasteiger partial charge on any atom is -0.356 e. The monoisotopic (exact) mass is 303 g/mol. The van der Waals surface area contributed by atoms with Crippen LogP contribution in [-0.2, 0) is 4.79 Å². The highest BCUT2D eigenvalue weighted by Gasteiger charge is 2.04. The number of benzene rings is 1. The smallest absolute Gasteiger partial charge is 0.251 e. The van der Waals surface area contributed by atoms with Gasteiger partial charge in [-0.3, -0.25) is 9.59 Å². The third-order valence-electron chi connectivity index (χ3n) is 2.44. The van der Waals surface area contributed by atoms with Crippen LogP contribution in [-0.4, -0.2) is 31.4 Å². The molecule has 0 radical (unpaired) electrons. The lowest BCUT2D eigenvalue weighted by atomic mass is 10.2. The van der Waals surface area contributed by atoms with Crippen molar-refractivity contribution in [3.8, 4) is 0 Å². The molecule has 5 nitrogen and oxygen atoms in total. The van der Waals surface area contributed by atoms with Crippen LogP contribution in [0.15, 0.2) is 24.3 Å². The van der Waals surface area contributed by atoms with Gasteiger partial charge in [0, 0.05) is 31.6 Å². The number of rotatable bonds is 7. The maximum atomic E-state index is 12.7. The molecule has 1 aromatic carbocycles. The first-order valence-electron chi connectivity index (χ1n) is 6.14. The Kier molecular flexibility index (Phi) is 9.32. The Morgan fingerprint density at radius 2 is 1.70 bits per heavy atom. The van der Waals surface area contributed by atoms with Crippen molar-refractivity contribution in [1.82, 2.24) is 10.6 Å². The van der Waals surface area contributed by atoms with Crippen LogP contribution in [0.5, 0.6) is 0 Å². The van der Waals surface area contributed by atoms with Crippen LogP contribution in [0.1, 0.15) is 23.2 Å². The molecule has 1 aromatic rings. The first-order chi connectivity index (χ1) is 9.13. The lowest BCUT2D eigenvalue weighted by Crippen LogP contribution is -2.30. The Morgan fingerprint density at radius 1 is 1.10 bits per heavy atom. The molecule has 0 saturated carbocycles. The summed E-state index contributed by atoms with van der Waals surface area (Å²) >= 11 is 0. The topological polar surface area (TPSA) is 84.2 Å². The van der Waals surface area contributed by atoms with Gasteiger partial charge in [0.1, 0.15) is 5.82 Å². The van der Waals surface area contributed by atoms with Crippen molar-refractivity contribution in [2.45, 2.75) is 12.8 Å². The molecule has 0 fully saturated rings. The SMILES string of the molecule is Cl.NCCC(=O)NCCCNC(=O)c1ccc(F)cc1. The maximum Gasteiger partial charge on any atom is 0.251 e. The van der Waals surface area contributed by atoms with Crippen LogP contribution in [0.4, 0.5) is 4.39 Å². The van der Waals surface area contributed by atoms with E-state index in [0.717, 1.165) is 0 Å². The van der Waals surface area contributed by atoms with Crippen molar-refractivity contribution >= 4 is 24.2 Å². The second-order valence-corrected chi connectivity index (χ2v) is 4.00. The molecule has 2 amide bonds. The van der Waals surface area contributed by atoms with Crippen molar-refractivity contribution in [2.75, 3.05) is 19.6 Å². The summed E-state index contributed by atoms with van der Waals surface area (Å²) in [5, 5.41) is 5.37. The van der Waals surface area contributed by atoms with E-state index in [1.54, 1.807) is 0 Å². The average molecular weight is 304 g/mol. The van der Waals surface area contributed by atoms with E-state index in [0.29, 0.717) is 38.0 Å². The number of amides is 2. The number of carbonyl (C=O) groups is 2. The second kappa shape index (κ2) is 10.2. The van der Waals surface area contributed by atoms with Crippen molar-refractivity contribution in [3.63, 3.8) is 0 Å². The van der Waals surface area contributed by atoms with Gasteiger partial charge in [0.25, 0.3) is 5.91 Å². The summed E-state index contributed by atoms with van der Waals surface area (Å²) in [6, 6.07) is 5.32. The molecule has 0 heterocycles. The fraction of sp³-hybridized carbons (Fsp3) is 0.385. The maximum absolute atomic E-state index is 12.7. The highest BCUT2D eigenvalue weighted by molar-refractivity contribution is 5.94. The van der Waals surface area contributed by atoms with Crippen LogP contribution in [0, 0.1) is 5.82 Å². The first kappa shape index (κ1) is 18.3. The van der Waals surface area contributed by atoms with E-state index >= 15 is 0 Å². The molecule has 0 aromatic heterocycles. The predicted octanol–water partition coefficient (Wildman–Crippen LogP) is 0.832. The minimum atomic E-state index is -0.376. The zero-order valence-electron chi connectivity index (χ0n) is 11.0. The van der Waals surface area contributed by atoms with E-state index in [4.69, 9.17) is 5.73 Å². The number of carbonyl (C=O) groups excluding carboxylic acids is 2. The number of hydrogen-bond acceptors (Lipinski definition) is 3. The van der Waals surface area contributed by atoms with Gasteiger partial charge < -0.3 is 16.4 Å². The average Bonchev–Trinajstić information content (AvgIpc) is 2.39. The minimum absolute atomic E-state index is 0. The Bertz CT molecular complexity index is 426. The van der Waals surface area contributed by atoms with Crippen LogP contribution in [0.2, 0.25) is 0 Å². The van der Waals surface area contributed by atoms with Crippen LogP contribution >= 0.6 is 12.4 Å². The molecule has 7 heteroatoms. The van der Waals surface area contributed by atoms with Gasteiger partial charge in [-0.05, 0) is 30.7 Å². The van der Waals surface area contributed by atoms with Crippen molar-refractivity contribution in [2.24, 2.45) is 5.73 Å². The lowest BCUT2D eigenvalue weighted by molar-refractivity contribution is -0.120. The number of halogens is 2. The van der Waals surface area contributed by atoms with Crippen molar-refractivity contribution in [1.29, 1.82) is 0 Å². The summed E-state index contributed by atoms with van der Waals surface area (Å²) in [5.41, 5.74) is 5.64. The molecule has 4 N–H and O–H groups in total. The van der Waals surface area contributed by atoms with Gasteiger partial charge in [0.15, 0.2) is 0 Å².